The Morgan fingerprint density at radius 1 is 1.18 bits per heavy atom. The lowest BCUT2D eigenvalue weighted by atomic mass is 10.2. The molecule has 0 fully saturated rings. The first-order valence-corrected chi connectivity index (χ1v) is 8.05. The van der Waals surface area contributed by atoms with Gasteiger partial charge in [-0.3, -0.25) is 4.79 Å². The Hall–Kier alpha value is -1.61. The average Bonchev–Trinajstić information content (AvgIpc) is 2.45. The van der Waals surface area contributed by atoms with Crippen LogP contribution in [-0.4, -0.2) is 38.9 Å². The predicted molar refractivity (Wildman–Crippen MR) is 74.6 cm³/mol. The van der Waals surface area contributed by atoms with Crippen molar-refractivity contribution >= 4 is 15.9 Å². The van der Waals surface area contributed by atoms with E-state index in [1.54, 1.807) is 13.8 Å². The fourth-order valence-corrected chi connectivity index (χ4v) is 3.06. The normalized spacial score (nSPS) is 12.2. The molecule has 0 saturated heterocycles. The fraction of sp³-hybridized carbons (Fsp3) is 0.462. The third-order valence-electron chi connectivity index (χ3n) is 3.01. The van der Waals surface area contributed by atoms with E-state index in [0.29, 0.717) is 19.2 Å². The van der Waals surface area contributed by atoms with E-state index in [0.717, 1.165) is 12.1 Å². The Morgan fingerprint density at radius 2 is 1.73 bits per heavy atom. The first-order chi connectivity index (χ1) is 10.1. The Balaban J connectivity index is 3.00. The molecule has 1 aromatic rings. The third kappa shape index (κ3) is 4.44. The largest absolute Gasteiger partial charge is 0.417 e. The number of carbonyl (C=O) groups excluding carboxylic acids is 1. The average molecular weight is 338 g/mol. The van der Waals surface area contributed by atoms with E-state index in [-0.39, 0.29) is 0 Å². The Bertz CT molecular complexity index is 626. The monoisotopic (exact) mass is 338 g/mol. The number of rotatable bonds is 6. The number of halogens is 3. The Kier molecular flexibility index (Phi) is 5.95. The van der Waals surface area contributed by atoms with Gasteiger partial charge in [0.05, 0.1) is 17.0 Å². The zero-order valence-corrected chi connectivity index (χ0v) is 13.0. The van der Waals surface area contributed by atoms with Gasteiger partial charge in [0.15, 0.2) is 0 Å². The lowest BCUT2D eigenvalue weighted by molar-refractivity contribution is -0.139. The number of hydrogen-bond acceptors (Lipinski definition) is 3. The SMILES string of the molecule is CCN(CC)C(=O)CNS(=O)(=O)c1ccccc1C(F)(F)F. The van der Waals surface area contributed by atoms with E-state index in [9.17, 15) is 26.4 Å². The second-order valence-electron chi connectivity index (χ2n) is 4.38. The van der Waals surface area contributed by atoms with Gasteiger partial charge in [-0.25, -0.2) is 13.1 Å². The summed E-state index contributed by atoms with van der Waals surface area (Å²) in [5, 5.41) is 0. The summed E-state index contributed by atoms with van der Waals surface area (Å²) in [6, 6.07) is 3.83. The minimum atomic E-state index is -4.80. The van der Waals surface area contributed by atoms with Crippen molar-refractivity contribution in [2.24, 2.45) is 0 Å². The molecule has 0 radical (unpaired) electrons. The summed E-state index contributed by atoms with van der Waals surface area (Å²) >= 11 is 0. The van der Waals surface area contributed by atoms with Crippen molar-refractivity contribution in [3.05, 3.63) is 29.8 Å². The van der Waals surface area contributed by atoms with Crippen molar-refractivity contribution in [1.82, 2.24) is 9.62 Å². The molecule has 0 aromatic heterocycles. The van der Waals surface area contributed by atoms with Gasteiger partial charge < -0.3 is 4.90 Å². The van der Waals surface area contributed by atoms with Gasteiger partial charge in [-0.2, -0.15) is 13.2 Å². The molecule has 0 bridgehead atoms. The van der Waals surface area contributed by atoms with Crippen LogP contribution >= 0.6 is 0 Å². The van der Waals surface area contributed by atoms with Gasteiger partial charge in [-0.1, -0.05) is 12.1 Å². The summed E-state index contributed by atoms with van der Waals surface area (Å²) in [5.74, 6) is -0.502. The molecule has 0 aliphatic heterocycles. The van der Waals surface area contributed by atoms with Gasteiger partial charge in [-0.05, 0) is 26.0 Å². The summed E-state index contributed by atoms with van der Waals surface area (Å²) in [5.41, 5.74) is -1.27. The number of benzene rings is 1. The predicted octanol–water partition coefficient (Wildman–Crippen LogP) is 1.85. The summed E-state index contributed by atoms with van der Waals surface area (Å²) in [6.07, 6.45) is -4.80. The summed E-state index contributed by atoms with van der Waals surface area (Å²) in [6.45, 7) is 3.62. The highest BCUT2D eigenvalue weighted by atomic mass is 32.2. The second kappa shape index (κ2) is 7.10. The first kappa shape index (κ1) is 18.4. The van der Waals surface area contributed by atoms with Crippen molar-refractivity contribution in [3.63, 3.8) is 0 Å². The lowest BCUT2D eigenvalue weighted by Gasteiger charge is -2.19. The van der Waals surface area contributed by atoms with Crippen LogP contribution in [0.3, 0.4) is 0 Å². The van der Waals surface area contributed by atoms with Crippen molar-refractivity contribution in [3.8, 4) is 0 Å². The molecular weight excluding hydrogens is 321 g/mol. The van der Waals surface area contributed by atoms with Crippen molar-refractivity contribution < 1.29 is 26.4 Å². The van der Waals surface area contributed by atoms with E-state index in [1.807, 2.05) is 4.72 Å². The minimum Gasteiger partial charge on any atom is -0.342 e. The van der Waals surface area contributed by atoms with E-state index in [2.05, 4.69) is 0 Å². The van der Waals surface area contributed by atoms with Gasteiger partial charge in [-0.15, -0.1) is 0 Å². The fourth-order valence-electron chi connectivity index (χ4n) is 1.86. The molecule has 9 heteroatoms. The van der Waals surface area contributed by atoms with Crippen LogP contribution in [0.2, 0.25) is 0 Å². The zero-order chi connectivity index (χ0) is 17.0. The number of amides is 1. The van der Waals surface area contributed by atoms with Gasteiger partial charge in [0.2, 0.25) is 15.9 Å². The molecule has 124 valence electrons. The van der Waals surface area contributed by atoms with Crippen LogP contribution in [0.25, 0.3) is 0 Å². The molecule has 0 atom stereocenters. The van der Waals surface area contributed by atoms with Gasteiger partial charge in [0, 0.05) is 13.1 Å². The van der Waals surface area contributed by atoms with Crippen LogP contribution < -0.4 is 4.72 Å². The molecular formula is C13H17F3N2O3S. The van der Waals surface area contributed by atoms with Gasteiger partial charge in [0.25, 0.3) is 0 Å². The van der Waals surface area contributed by atoms with Crippen molar-refractivity contribution in [1.29, 1.82) is 0 Å². The van der Waals surface area contributed by atoms with Crippen molar-refractivity contribution in [2.75, 3.05) is 19.6 Å². The first-order valence-electron chi connectivity index (χ1n) is 6.57. The highest BCUT2D eigenvalue weighted by molar-refractivity contribution is 7.89. The molecule has 0 spiro atoms. The number of nitrogens with zero attached hydrogens (tertiary/aromatic N) is 1. The molecule has 5 nitrogen and oxygen atoms in total. The number of sulfonamides is 1. The van der Waals surface area contributed by atoms with Crippen LogP contribution in [0.5, 0.6) is 0 Å². The smallest absolute Gasteiger partial charge is 0.342 e. The van der Waals surface area contributed by atoms with E-state index >= 15 is 0 Å². The van der Waals surface area contributed by atoms with Crippen molar-refractivity contribution in [2.45, 2.75) is 24.9 Å². The molecule has 0 saturated carbocycles. The van der Waals surface area contributed by atoms with Crippen LogP contribution in [0, 0.1) is 0 Å². The molecule has 1 N–H and O–H groups in total. The highest BCUT2D eigenvalue weighted by Crippen LogP contribution is 2.33. The zero-order valence-electron chi connectivity index (χ0n) is 12.1. The number of alkyl halides is 3. The number of hydrogen-bond donors (Lipinski definition) is 1. The van der Waals surface area contributed by atoms with Crippen LogP contribution in [0.4, 0.5) is 13.2 Å². The summed E-state index contributed by atoms with van der Waals surface area (Å²) < 4.78 is 64.5. The molecule has 0 heterocycles. The Morgan fingerprint density at radius 3 is 2.23 bits per heavy atom. The summed E-state index contributed by atoms with van der Waals surface area (Å²) in [7, 11) is -4.44. The van der Waals surface area contributed by atoms with E-state index in [1.165, 1.54) is 11.0 Å². The number of nitrogens with one attached hydrogen (secondary N) is 1. The topological polar surface area (TPSA) is 66.5 Å². The molecule has 22 heavy (non-hydrogen) atoms. The molecule has 1 rings (SSSR count). The molecule has 1 amide bonds. The third-order valence-corrected chi connectivity index (χ3v) is 4.47. The highest BCUT2D eigenvalue weighted by Gasteiger charge is 2.36. The number of carbonyl (C=O) groups is 1. The van der Waals surface area contributed by atoms with Crippen LogP contribution in [0.15, 0.2) is 29.2 Å². The maximum absolute atomic E-state index is 12.8. The number of likely N-dealkylation sites (N-methyl/N-ethyl adjacent to an activating group) is 1. The second-order valence-corrected chi connectivity index (χ2v) is 6.12. The molecule has 0 unspecified atom stereocenters. The van der Waals surface area contributed by atoms with Gasteiger partial charge in [0.1, 0.15) is 0 Å². The van der Waals surface area contributed by atoms with Crippen LogP contribution in [-0.2, 0) is 21.0 Å². The molecule has 1 aromatic carbocycles. The Labute approximate surface area is 127 Å². The van der Waals surface area contributed by atoms with Crippen LogP contribution in [0.1, 0.15) is 19.4 Å². The molecule has 0 aliphatic rings. The standard InChI is InChI=1S/C13H17F3N2O3S/c1-3-18(4-2)12(19)9-17-22(20,21)11-8-6-5-7-10(11)13(14,15)16/h5-8,17H,3-4,9H2,1-2H3. The summed E-state index contributed by atoms with van der Waals surface area (Å²) in [4.78, 5) is 12.2. The maximum Gasteiger partial charge on any atom is 0.417 e. The van der Waals surface area contributed by atoms with E-state index < -0.39 is 39.1 Å². The molecule has 0 aliphatic carbocycles. The minimum absolute atomic E-state index is 0.385. The quantitative estimate of drug-likeness (QED) is 0.861. The maximum atomic E-state index is 12.8. The van der Waals surface area contributed by atoms with Gasteiger partial charge >= 0.3 is 6.18 Å². The lowest BCUT2D eigenvalue weighted by Crippen LogP contribution is -2.40. The van der Waals surface area contributed by atoms with E-state index in [4.69, 9.17) is 0 Å².